The van der Waals surface area contributed by atoms with Crippen LogP contribution in [0.2, 0.25) is 0 Å². The van der Waals surface area contributed by atoms with Crippen molar-refractivity contribution < 1.29 is 9.53 Å². The summed E-state index contributed by atoms with van der Waals surface area (Å²) in [5, 5.41) is 17.8. The molecule has 0 saturated carbocycles. The number of carbonyl (C=O) groups excluding carboxylic acids is 1. The van der Waals surface area contributed by atoms with E-state index in [4.69, 9.17) is 10.00 Å². The first kappa shape index (κ1) is 20.0. The average Bonchev–Trinajstić information content (AvgIpc) is 3.16. The van der Waals surface area contributed by atoms with Crippen LogP contribution in [-0.2, 0) is 11.3 Å². The van der Waals surface area contributed by atoms with Crippen molar-refractivity contribution in [1.82, 2.24) is 29.4 Å². The van der Waals surface area contributed by atoms with Gasteiger partial charge in [0.05, 0.1) is 36.3 Å². The van der Waals surface area contributed by atoms with Crippen LogP contribution < -0.4 is 10.4 Å². The second-order valence-corrected chi connectivity index (χ2v) is 7.16. The van der Waals surface area contributed by atoms with Gasteiger partial charge >= 0.3 is 5.69 Å². The van der Waals surface area contributed by atoms with E-state index in [2.05, 4.69) is 26.2 Å². The number of rotatable bonds is 5. The lowest BCUT2D eigenvalue weighted by Gasteiger charge is -2.13. The van der Waals surface area contributed by atoms with Crippen LogP contribution >= 0.6 is 0 Å². The number of hydrogen-bond acceptors (Lipinski definition) is 8. The summed E-state index contributed by atoms with van der Waals surface area (Å²) in [5.41, 5.74) is 2.10. The van der Waals surface area contributed by atoms with E-state index in [0.717, 1.165) is 10.1 Å². The number of allylic oxidation sites excluding steroid dienone is 4. The molecule has 0 atom stereocenters. The average molecular weight is 437 g/mol. The highest BCUT2D eigenvalue weighted by molar-refractivity contribution is 5.98. The number of carbonyl (C=O) groups is 1. The van der Waals surface area contributed by atoms with Gasteiger partial charge in [-0.1, -0.05) is 12.2 Å². The lowest BCUT2D eigenvalue weighted by molar-refractivity contribution is -0.113. The zero-order valence-corrected chi connectivity index (χ0v) is 17.1. The van der Waals surface area contributed by atoms with Crippen LogP contribution in [0.4, 0.5) is 0 Å². The Morgan fingerprint density at radius 1 is 1.09 bits per heavy atom. The monoisotopic (exact) mass is 437 g/mol. The molecule has 160 valence electrons. The van der Waals surface area contributed by atoms with Crippen molar-refractivity contribution in [2.75, 3.05) is 0 Å². The van der Waals surface area contributed by atoms with Gasteiger partial charge < -0.3 is 4.74 Å². The number of ether oxygens (including phenoxy) is 1. The molecule has 1 aliphatic rings. The van der Waals surface area contributed by atoms with Crippen molar-refractivity contribution in [3.63, 3.8) is 0 Å². The van der Waals surface area contributed by atoms with Crippen molar-refractivity contribution in [2.24, 2.45) is 0 Å². The standard InChI is InChI=1S/C23H15N7O3/c24-11-15-1-7-19(8-2-15)33-21-20(16-3-5-18(31)6-4-16)13-27-30-22(21)28-29(23(30)32)14-17-12-25-9-10-26-17/h1-5,7-10,12-13H,6,14H2. The Kier molecular flexibility index (Phi) is 5.04. The molecule has 0 fully saturated rings. The van der Waals surface area contributed by atoms with E-state index in [1.165, 1.54) is 23.2 Å². The van der Waals surface area contributed by atoms with E-state index in [-0.39, 0.29) is 24.4 Å². The minimum Gasteiger partial charge on any atom is -0.453 e. The van der Waals surface area contributed by atoms with Crippen molar-refractivity contribution in [3.8, 4) is 17.6 Å². The quantitative estimate of drug-likeness (QED) is 0.465. The van der Waals surface area contributed by atoms with E-state index in [1.807, 2.05) is 0 Å². The molecule has 1 aromatic carbocycles. The van der Waals surface area contributed by atoms with Gasteiger partial charge in [-0.3, -0.25) is 14.8 Å². The van der Waals surface area contributed by atoms with E-state index >= 15 is 0 Å². The molecule has 0 aliphatic heterocycles. The van der Waals surface area contributed by atoms with Crippen LogP contribution in [0.3, 0.4) is 0 Å². The fourth-order valence-corrected chi connectivity index (χ4v) is 3.36. The Bertz CT molecular complexity index is 1520. The Morgan fingerprint density at radius 3 is 2.64 bits per heavy atom. The number of hydrogen-bond donors (Lipinski definition) is 0. The summed E-state index contributed by atoms with van der Waals surface area (Å²) in [6, 6.07) is 8.63. The summed E-state index contributed by atoms with van der Waals surface area (Å²) in [4.78, 5) is 32.8. The van der Waals surface area contributed by atoms with Gasteiger partial charge in [-0.05, 0) is 35.9 Å². The lowest BCUT2D eigenvalue weighted by atomic mass is 10.00. The predicted molar refractivity (Wildman–Crippen MR) is 116 cm³/mol. The number of aromatic nitrogens is 6. The zero-order valence-electron chi connectivity index (χ0n) is 17.1. The van der Waals surface area contributed by atoms with Crippen LogP contribution in [0, 0.1) is 11.3 Å². The Morgan fingerprint density at radius 2 is 1.94 bits per heavy atom. The lowest BCUT2D eigenvalue weighted by Crippen LogP contribution is -2.23. The second-order valence-electron chi connectivity index (χ2n) is 7.16. The van der Waals surface area contributed by atoms with Gasteiger partial charge in [-0.25, -0.2) is 9.48 Å². The van der Waals surface area contributed by atoms with E-state index in [1.54, 1.807) is 48.8 Å². The molecule has 3 heterocycles. The first-order valence-corrected chi connectivity index (χ1v) is 9.95. The fourth-order valence-electron chi connectivity index (χ4n) is 3.36. The maximum absolute atomic E-state index is 12.9. The summed E-state index contributed by atoms with van der Waals surface area (Å²) in [7, 11) is 0. The van der Waals surface area contributed by atoms with Crippen molar-refractivity contribution >= 4 is 17.0 Å². The number of fused-ring (bicyclic) bond motifs is 1. The summed E-state index contributed by atoms with van der Waals surface area (Å²) < 4.78 is 8.53. The SMILES string of the molecule is N#Cc1ccc(Oc2c(C3=CCC(=O)C=C3)cnn3c(=O)n(Cc4cnccn4)nc23)cc1. The molecule has 0 amide bonds. The summed E-state index contributed by atoms with van der Waals surface area (Å²) in [6.45, 7) is 0.110. The Labute approximate surface area is 186 Å². The molecule has 0 radical (unpaired) electrons. The Balaban J connectivity index is 1.65. The maximum atomic E-state index is 12.9. The first-order chi connectivity index (χ1) is 16.1. The molecule has 10 heteroatoms. The normalized spacial score (nSPS) is 13.1. The summed E-state index contributed by atoms with van der Waals surface area (Å²) in [6.07, 6.45) is 11.3. The van der Waals surface area contributed by atoms with Gasteiger partial charge in [-0.15, -0.1) is 5.10 Å². The fraction of sp³-hybridized carbons (Fsp3) is 0.0870. The van der Waals surface area contributed by atoms with Crippen LogP contribution in [0.15, 0.2) is 72.1 Å². The van der Waals surface area contributed by atoms with Crippen molar-refractivity contribution in [2.45, 2.75) is 13.0 Å². The number of benzene rings is 1. The first-order valence-electron chi connectivity index (χ1n) is 9.95. The molecule has 0 spiro atoms. The summed E-state index contributed by atoms with van der Waals surface area (Å²) in [5.74, 6) is 0.748. The molecule has 33 heavy (non-hydrogen) atoms. The summed E-state index contributed by atoms with van der Waals surface area (Å²) >= 11 is 0. The van der Waals surface area contributed by atoms with Crippen LogP contribution in [0.5, 0.6) is 11.5 Å². The third kappa shape index (κ3) is 3.90. The van der Waals surface area contributed by atoms with Crippen LogP contribution in [-0.4, -0.2) is 35.1 Å². The molecule has 0 N–H and O–H groups in total. The molecule has 3 aromatic heterocycles. The minimum atomic E-state index is -0.463. The van der Waals surface area contributed by atoms with Crippen LogP contribution in [0.25, 0.3) is 11.2 Å². The number of ketones is 1. The molecule has 0 bridgehead atoms. The number of nitrogens with zero attached hydrogens (tertiary/aromatic N) is 7. The maximum Gasteiger partial charge on any atom is 0.367 e. The number of nitriles is 1. The van der Waals surface area contributed by atoms with Gasteiger partial charge in [-0.2, -0.15) is 14.9 Å². The molecule has 5 rings (SSSR count). The van der Waals surface area contributed by atoms with Gasteiger partial charge in [0.25, 0.3) is 0 Å². The highest BCUT2D eigenvalue weighted by Crippen LogP contribution is 2.34. The van der Waals surface area contributed by atoms with E-state index < -0.39 is 5.69 Å². The predicted octanol–water partition coefficient (Wildman–Crippen LogP) is 2.31. The minimum absolute atomic E-state index is 0.00758. The van der Waals surface area contributed by atoms with E-state index in [0.29, 0.717) is 28.3 Å². The topological polar surface area (TPSA) is 128 Å². The second kappa shape index (κ2) is 8.32. The highest BCUT2D eigenvalue weighted by Gasteiger charge is 2.21. The largest absolute Gasteiger partial charge is 0.453 e. The molecular weight excluding hydrogens is 422 g/mol. The molecule has 0 unspecified atom stereocenters. The smallest absolute Gasteiger partial charge is 0.367 e. The Hall–Kier alpha value is -4.91. The molecule has 10 nitrogen and oxygen atoms in total. The van der Waals surface area contributed by atoms with Crippen molar-refractivity contribution in [3.05, 3.63) is 94.6 Å². The van der Waals surface area contributed by atoms with E-state index in [9.17, 15) is 9.59 Å². The third-order valence-electron chi connectivity index (χ3n) is 4.98. The van der Waals surface area contributed by atoms with Crippen molar-refractivity contribution in [1.29, 1.82) is 5.26 Å². The molecule has 1 aliphatic carbocycles. The van der Waals surface area contributed by atoms with Gasteiger partial charge in [0.1, 0.15) is 5.75 Å². The van der Waals surface area contributed by atoms with Gasteiger partial charge in [0.15, 0.2) is 11.5 Å². The zero-order chi connectivity index (χ0) is 22.8. The molecular formula is C23H15N7O3. The van der Waals surface area contributed by atoms with Gasteiger partial charge in [0, 0.05) is 24.4 Å². The third-order valence-corrected chi connectivity index (χ3v) is 4.98. The highest BCUT2D eigenvalue weighted by atomic mass is 16.5. The molecule has 0 saturated heterocycles. The molecule has 4 aromatic rings. The van der Waals surface area contributed by atoms with Crippen LogP contribution in [0.1, 0.15) is 23.2 Å². The van der Waals surface area contributed by atoms with Gasteiger partial charge in [0.2, 0.25) is 5.65 Å².